The first kappa shape index (κ1) is 27.3. The SMILES string of the molecule is CCC(C)C(NC(=O)C(C)NC(=O)C(N)CCC(N)=O)C(=O)NC(C(=O)O)C(C)O. The molecule has 12 nitrogen and oxygen atoms in total. The third kappa shape index (κ3) is 9.18. The standard InChI is InChI=1S/C18H33N5O7/c1-5-8(2)13(17(28)23-14(10(4)24)18(29)30)22-15(26)9(3)21-16(27)11(19)6-7-12(20)25/h8-11,13-14,24H,5-7,19H2,1-4H3,(H2,20,25)(H,21,27)(H,22,26)(H,23,28)(H,29,30). The summed E-state index contributed by atoms with van der Waals surface area (Å²) < 4.78 is 0. The smallest absolute Gasteiger partial charge is 0.328 e. The molecule has 0 rings (SSSR count). The highest BCUT2D eigenvalue weighted by molar-refractivity contribution is 5.94. The topological polar surface area (TPSA) is 214 Å². The molecule has 0 fully saturated rings. The van der Waals surface area contributed by atoms with E-state index in [0.29, 0.717) is 6.42 Å². The van der Waals surface area contributed by atoms with Gasteiger partial charge in [-0.3, -0.25) is 19.2 Å². The van der Waals surface area contributed by atoms with Crippen LogP contribution in [0.25, 0.3) is 0 Å². The number of rotatable bonds is 13. The van der Waals surface area contributed by atoms with E-state index in [-0.39, 0.29) is 18.8 Å². The minimum atomic E-state index is -1.54. The second kappa shape index (κ2) is 12.8. The van der Waals surface area contributed by atoms with E-state index in [9.17, 15) is 29.1 Å². The van der Waals surface area contributed by atoms with Crippen LogP contribution in [0.2, 0.25) is 0 Å². The monoisotopic (exact) mass is 431 g/mol. The molecule has 0 aromatic carbocycles. The number of nitrogens with two attached hydrogens (primary N) is 2. The van der Waals surface area contributed by atoms with Crippen molar-refractivity contribution in [2.24, 2.45) is 17.4 Å². The molecule has 0 saturated carbocycles. The fourth-order valence-electron chi connectivity index (χ4n) is 2.43. The van der Waals surface area contributed by atoms with Crippen LogP contribution in [0.1, 0.15) is 47.0 Å². The molecule has 0 saturated heterocycles. The van der Waals surface area contributed by atoms with E-state index < -0.39 is 59.9 Å². The Morgan fingerprint density at radius 2 is 1.43 bits per heavy atom. The second-order valence-electron chi connectivity index (χ2n) is 7.28. The van der Waals surface area contributed by atoms with E-state index in [1.807, 2.05) is 0 Å². The molecule has 0 aromatic rings. The molecule has 30 heavy (non-hydrogen) atoms. The van der Waals surface area contributed by atoms with E-state index >= 15 is 0 Å². The molecule has 0 aliphatic rings. The summed E-state index contributed by atoms with van der Waals surface area (Å²) >= 11 is 0. The van der Waals surface area contributed by atoms with E-state index in [4.69, 9.17) is 16.6 Å². The summed E-state index contributed by atoms with van der Waals surface area (Å²) in [6, 6.07) is -4.72. The minimum absolute atomic E-state index is 0.0172. The fraction of sp³-hybridized carbons (Fsp3) is 0.722. The second-order valence-corrected chi connectivity index (χ2v) is 7.28. The molecule has 0 spiro atoms. The molecule has 0 heterocycles. The summed E-state index contributed by atoms with van der Waals surface area (Å²) in [5.74, 6) is -4.51. The molecule has 9 N–H and O–H groups in total. The molecule has 0 aromatic heterocycles. The third-order valence-corrected chi connectivity index (χ3v) is 4.63. The van der Waals surface area contributed by atoms with Crippen LogP contribution in [-0.2, 0) is 24.0 Å². The lowest BCUT2D eigenvalue weighted by atomic mass is 9.97. The molecule has 6 unspecified atom stereocenters. The van der Waals surface area contributed by atoms with Gasteiger partial charge in [0.15, 0.2) is 6.04 Å². The minimum Gasteiger partial charge on any atom is -0.480 e. The summed E-state index contributed by atoms with van der Waals surface area (Å²) in [6.45, 7) is 6.07. The van der Waals surface area contributed by atoms with E-state index in [0.717, 1.165) is 0 Å². The number of amides is 4. The van der Waals surface area contributed by atoms with Crippen molar-refractivity contribution >= 4 is 29.6 Å². The number of carbonyl (C=O) groups excluding carboxylic acids is 4. The Labute approximate surface area is 175 Å². The molecule has 0 bridgehead atoms. The molecule has 0 aliphatic carbocycles. The fourth-order valence-corrected chi connectivity index (χ4v) is 2.43. The van der Waals surface area contributed by atoms with Gasteiger partial charge in [0.2, 0.25) is 23.6 Å². The van der Waals surface area contributed by atoms with E-state index in [1.165, 1.54) is 13.8 Å². The zero-order valence-electron chi connectivity index (χ0n) is 17.7. The number of hydrogen-bond acceptors (Lipinski definition) is 7. The van der Waals surface area contributed by atoms with Crippen LogP contribution >= 0.6 is 0 Å². The zero-order valence-corrected chi connectivity index (χ0v) is 17.7. The van der Waals surface area contributed by atoms with Gasteiger partial charge in [-0.05, 0) is 26.2 Å². The van der Waals surface area contributed by atoms with Crippen molar-refractivity contribution in [2.45, 2.75) is 77.2 Å². The highest BCUT2D eigenvalue weighted by Gasteiger charge is 2.33. The van der Waals surface area contributed by atoms with Gasteiger partial charge in [0.05, 0.1) is 12.1 Å². The van der Waals surface area contributed by atoms with Gasteiger partial charge >= 0.3 is 5.97 Å². The van der Waals surface area contributed by atoms with Gasteiger partial charge in [-0.25, -0.2) is 4.79 Å². The maximum Gasteiger partial charge on any atom is 0.328 e. The van der Waals surface area contributed by atoms with Gasteiger partial charge in [0.1, 0.15) is 12.1 Å². The summed E-state index contributed by atoms with van der Waals surface area (Å²) in [5.41, 5.74) is 10.7. The molecule has 12 heteroatoms. The first-order valence-electron chi connectivity index (χ1n) is 9.67. The quantitative estimate of drug-likeness (QED) is 0.166. The van der Waals surface area contributed by atoms with Crippen LogP contribution < -0.4 is 27.4 Å². The number of hydrogen-bond donors (Lipinski definition) is 7. The number of aliphatic hydroxyl groups excluding tert-OH is 1. The first-order chi connectivity index (χ1) is 13.8. The van der Waals surface area contributed by atoms with Crippen molar-refractivity contribution in [1.29, 1.82) is 0 Å². The average molecular weight is 431 g/mol. The molecular weight excluding hydrogens is 398 g/mol. The number of carboxylic acids is 1. The predicted octanol–water partition coefficient (Wildman–Crippen LogP) is -2.43. The first-order valence-corrected chi connectivity index (χ1v) is 9.67. The van der Waals surface area contributed by atoms with Crippen molar-refractivity contribution in [3.05, 3.63) is 0 Å². The Kier molecular flexibility index (Phi) is 11.6. The lowest BCUT2D eigenvalue weighted by molar-refractivity contribution is -0.145. The van der Waals surface area contributed by atoms with Gasteiger partial charge in [-0.1, -0.05) is 20.3 Å². The van der Waals surface area contributed by atoms with E-state index in [1.54, 1.807) is 13.8 Å². The van der Waals surface area contributed by atoms with Crippen molar-refractivity contribution < 1.29 is 34.2 Å². The molecule has 4 amide bonds. The average Bonchev–Trinajstić information content (AvgIpc) is 2.66. The largest absolute Gasteiger partial charge is 0.480 e. The van der Waals surface area contributed by atoms with Gasteiger partial charge in [-0.15, -0.1) is 0 Å². The van der Waals surface area contributed by atoms with Crippen LogP contribution in [0, 0.1) is 5.92 Å². The molecule has 0 radical (unpaired) electrons. The highest BCUT2D eigenvalue weighted by atomic mass is 16.4. The Bertz CT molecular complexity index is 640. The van der Waals surface area contributed by atoms with Crippen LogP contribution in [-0.4, -0.2) is 70.1 Å². The maximum atomic E-state index is 12.5. The van der Waals surface area contributed by atoms with Gasteiger partial charge in [-0.2, -0.15) is 0 Å². The number of nitrogens with one attached hydrogen (secondary N) is 3. The number of primary amides is 1. The lowest BCUT2D eigenvalue weighted by Crippen LogP contribution is -2.59. The summed E-state index contributed by atoms with van der Waals surface area (Å²) in [6.07, 6.45) is -0.924. The molecule has 6 atom stereocenters. The lowest BCUT2D eigenvalue weighted by Gasteiger charge is -2.27. The van der Waals surface area contributed by atoms with Crippen LogP contribution in [0.15, 0.2) is 0 Å². The van der Waals surface area contributed by atoms with Crippen LogP contribution in [0.5, 0.6) is 0 Å². The predicted molar refractivity (Wildman–Crippen MR) is 107 cm³/mol. The van der Waals surface area contributed by atoms with Crippen molar-refractivity contribution in [3.8, 4) is 0 Å². The van der Waals surface area contributed by atoms with Crippen molar-refractivity contribution in [1.82, 2.24) is 16.0 Å². The van der Waals surface area contributed by atoms with Crippen LogP contribution in [0.3, 0.4) is 0 Å². The van der Waals surface area contributed by atoms with Gasteiger partial charge < -0.3 is 37.6 Å². The molecular formula is C18H33N5O7. The number of carbonyl (C=O) groups is 5. The number of aliphatic carboxylic acids is 1. The van der Waals surface area contributed by atoms with Gasteiger partial charge in [0, 0.05) is 6.42 Å². The Balaban J connectivity index is 5.09. The van der Waals surface area contributed by atoms with Gasteiger partial charge in [0.25, 0.3) is 0 Å². The van der Waals surface area contributed by atoms with E-state index in [2.05, 4.69) is 16.0 Å². The summed E-state index contributed by atoms with van der Waals surface area (Å²) in [5, 5.41) is 25.7. The van der Waals surface area contributed by atoms with Crippen LogP contribution in [0.4, 0.5) is 0 Å². The third-order valence-electron chi connectivity index (χ3n) is 4.63. The summed E-state index contributed by atoms with van der Waals surface area (Å²) in [4.78, 5) is 59.0. The number of aliphatic hydroxyl groups is 1. The summed E-state index contributed by atoms with van der Waals surface area (Å²) in [7, 11) is 0. The Morgan fingerprint density at radius 3 is 1.87 bits per heavy atom. The zero-order chi connectivity index (χ0) is 23.6. The van der Waals surface area contributed by atoms with Crippen molar-refractivity contribution in [3.63, 3.8) is 0 Å². The molecule has 172 valence electrons. The normalized spacial score (nSPS) is 16.9. The number of carboxylic acid groups (broad SMARTS) is 1. The maximum absolute atomic E-state index is 12.5. The Morgan fingerprint density at radius 1 is 0.900 bits per heavy atom. The molecule has 0 aliphatic heterocycles. The Hall–Kier alpha value is -2.73. The van der Waals surface area contributed by atoms with Crippen molar-refractivity contribution in [2.75, 3.05) is 0 Å². The highest BCUT2D eigenvalue weighted by Crippen LogP contribution is 2.09.